The van der Waals surface area contributed by atoms with Gasteiger partial charge in [0.15, 0.2) is 0 Å². The molecule has 1 saturated heterocycles. The zero-order valence-electron chi connectivity index (χ0n) is 9.27. The van der Waals surface area contributed by atoms with E-state index in [-0.39, 0.29) is 0 Å². The van der Waals surface area contributed by atoms with Gasteiger partial charge in [-0.2, -0.15) is 0 Å². The monoisotopic (exact) mass is 221 g/mol. The van der Waals surface area contributed by atoms with Crippen molar-refractivity contribution in [3.8, 4) is 0 Å². The van der Waals surface area contributed by atoms with Gasteiger partial charge in [0.2, 0.25) is 0 Å². The quantitative estimate of drug-likeness (QED) is 0.767. The van der Waals surface area contributed by atoms with Gasteiger partial charge >= 0.3 is 0 Å². The number of anilines is 1. The topological polar surface area (TPSA) is 29.0 Å². The van der Waals surface area contributed by atoms with Crippen LogP contribution >= 0.6 is 0 Å². The van der Waals surface area contributed by atoms with Gasteiger partial charge in [-0.15, -0.1) is 0 Å². The molecule has 3 nitrogen and oxygen atoms in total. The molecule has 16 heavy (non-hydrogen) atoms. The summed E-state index contributed by atoms with van der Waals surface area (Å²) in [7, 11) is 0. The molecule has 1 saturated carbocycles. The second kappa shape index (κ2) is 4.00. The largest absolute Gasteiger partial charge is 0.353 e. The summed E-state index contributed by atoms with van der Waals surface area (Å²) in [6.45, 7) is 1.27. The van der Waals surface area contributed by atoms with E-state index in [0.717, 1.165) is 18.1 Å². The summed E-state index contributed by atoms with van der Waals surface area (Å²) in [5.74, 6) is 1.52. The summed E-state index contributed by atoms with van der Waals surface area (Å²) >= 11 is 0. The maximum Gasteiger partial charge on any atom is 0.132 e. The fourth-order valence-corrected chi connectivity index (χ4v) is 2.39. The predicted octanol–water partition coefficient (Wildman–Crippen LogP) is 2.29. The Kier molecular flexibility index (Phi) is 2.50. The van der Waals surface area contributed by atoms with E-state index in [9.17, 15) is 4.39 Å². The molecule has 0 radical (unpaired) electrons. The zero-order valence-corrected chi connectivity index (χ0v) is 9.27. The molecular weight excluding hydrogens is 205 g/mol. The molecule has 0 aromatic carbocycles. The van der Waals surface area contributed by atoms with Crippen LogP contribution in [0.4, 0.5) is 10.2 Å². The Balaban J connectivity index is 1.79. The lowest BCUT2D eigenvalue weighted by Gasteiger charge is -2.25. The summed E-state index contributed by atoms with van der Waals surface area (Å²) in [6.07, 6.45) is 5.34. The molecule has 1 unspecified atom stereocenters. The molecule has 1 aromatic rings. The Morgan fingerprint density at radius 3 is 2.75 bits per heavy atom. The van der Waals surface area contributed by atoms with Crippen molar-refractivity contribution >= 4 is 5.82 Å². The number of hydrogen-bond acceptors (Lipinski definition) is 3. The van der Waals surface area contributed by atoms with Crippen LogP contribution in [-0.4, -0.2) is 29.2 Å². The van der Waals surface area contributed by atoms with Crippen LogP contribution in [0.25, 0.3) is 0 Å². The Morgan fingerprint density at radius 1 is 1.25 bits per heavy atom. The molecule has 1 aromatic heterocycles. The van der Waals surface area contributed by atoms with Crippen LogP contribution in [0.15, 0.2) is 12.4 Å². The lowest BCUT2D eigenvalue weighted by Crippen LogP contribution is -2.22. The molecule has 2 aliphatic rings. The fourth-order valence-electron chi connectivity index (χ4n) is 2.39. The van der Waals surface area contributed by atoms with E-state index in [2.05, 4.69) is 9.97 Å². The van der Waals surface area contributed by atoms with Gasteiger partial charge in [0.05, 0.1) is 6.54 Å². The summed E-state index contributed by atoms with van der Waals surface area (Å²) < 4.78 is 13.1. The highest BCUT2D eigenvalue weighted by Gasteiger charge is 2.25. The van der Waals surface area contributed by atoms with Gasteiger partial charge in [-0.05, 0) is 19.3 Å². The van der Waals surface area contributed by atoms with Crippen LogP contribution in [-0.2, 0) is 0 Å². The van der Waals surface area contributed by atoms with E-state index >= 15 is 0 Å². The predicted molar refractivity (Wildman–Crippen MR) is 60.4 cm³/mol. The first kappa shape index (κ1) is 10.00. The molecule has 86 valence electrons. The second-order valence-corrected chi connectivity index (χ2v) is 4.76. The van der Waals surface area contributed by atoms with E-state index in [1.165, 1.54) is 19.3 Å². The number of alkyl halides is 1. The van der Waals surface area contributed by atoms with Crippen molar-refractivity contribution in [2.45, 2.75) is 37.8 Å². The van der Waals surface area contributed by atoms with Crippen molar-refractivity contribution in [2.75, 3.05) is 18.0 Å². The summed E-state index contributed by atoms with van der Waals surface area (Å²) in [6, 6.07) is 2.04. The molecule has 0 N–H and O–H groups in total. The first-order valence-corrected chi connectivity index (χ1v) is 6.04. The van der Waals surface area contributed by atoms with E-state index in [1.807, 2.05) is 11.0 Å². The number of nitrogens with zero attached hydrogens (tertiary/aromatic N) is 3. The van der Waals surface area contributed by atoms with E-state index in [1.54, 1.807) is 6.33 Å². The minimum absolute atomic E-state index is 0.487. The zero-order chi connectivity index (χ0) is 11.0. The van der Waals surface area contributed by atoms with E-state index < -0.39 is 6.17 Å². The van der Waals surface area contributed by atoms with Crippen LogP contribution < -0.4 is 4.90 Å². The number of rotatable bonds is 2. The molecule has 1 atom stereocenters. The van der Waals surface area contributed by atoms with Gasteiger partial charge in [-0.1, -0.05) is 6.42 Å². The van der Waals surface area contributed by atoms with Gasteiger partial charge in [0.1, 0.15) is 18.3 Å². The van der Waals surface area contributed by atoms with Crippen LogP contribution in [0.2, 0.25) is 0 Å². The molecule has 1 aliphatic carbocycles. The van der Waals surface area contributed by atoms with Crippen molar-refractivity contribution in [2.24, 2.45) is 0 Å². The minimum atomic E-state index is -0.692. The molecule has 2 fully saturated rings. The lowest BCUT2D eigenvalue weighted by molar-refractivity contribution is 0.364. The Labute approximate surface area is 94.7 Å². The molecule has 3 rings (SSSR count). The second-order valence-electron chi connectivity index (χ2n) is 4.76. The van der Waals surface area contributed by atoms with E-state index in [4.69, 9.17) is 0 Å². The van der Waals surface area contributed by atoms with Gasteiger partial charge in [0.25, 0.3) is 0 Å². The third kappa shape index (κ3) is 1.77. The van der Waals surface area contributed by atoms with Gasteiger partial charge in [-0.25, -0.2) is 14.4 Å². The fraction of sp³-hybridized carbons (Fsp3) is 0.667. The van der Waals surface area contributed by atoms with Crippen molar-refractivity contribution in [1.82, 2.24) is 9.97 Å². The third-order valence-corrected chi connectivity index (χ3v) is 3.65. The lowest BCUT2D eigenvalue weighted by atomic mass is 9.83. The van der Waals surface area contributed by atoms with Crippen LogP contribution in [0.1, 0.15) is 37.3 Å². The van der Waals surface area contributed by atoms with Gasteiger partial charge < -0.3 is 4.90 Å². The molecule has 1 aliphatic heterocycles. The summed E-state index contributed by atoms with van der Waals surface area (Å²) in [5.41, 5.74) is 1.14. The van der Waals surface area contributed by atoms with Crippen molar-refractivity contribution in [3.05, 3.63) is 18.1 Å². The first-order chi connectivity index (χ1) is 7.83. The van der Waals surface area contributed by atoms with Crippen molar-refractivity contribution < 1.29 is 4.39 Å². The average Bonchev–Trinajstić information content (AvgIpc) is 2.63. The highest BCUT2D eigenvalue weighted by molar-refractivity contribution is 5.41. The standard InChI is InChI=1S/C12H16FN3/c13-10-4-5-16(7-10)12-6-11(14-8-15-12)9-2-1-3-9/h6,8-10H,1-5,7H2. The van der Waals surface area contributed by atoms with Crippen LogP contribution in [0.3, 0.4) is 0 Å². The average molecular weight is 221 g/mol. The Bertz CT molecular complexity index is 378. The smallest absolute Gasteiger partial charge is 0.132 e. The normalized spacial score (nSPS) is 25.8. The van der Waals surface area contributed by atoms with Crippen molar-refractivity contribution in [3.63, 3.8) is 0 Å². The molecule has 0 amide bonds. The van der Waals surface area contributed by atoms with Crippen LogP contribution in [0, 0.1) is 0 Å². The Morgan fingerprint density at radius 2 is 2.12 bits per heavy atom. The number of aromatic nitrogens is 2. The molecule has 4 heteroatoms. The molecule has 2 heterocycles. The number of hydrogen-bond donors (Lipinski definition) is 0. The maximum atomic E-state index is 13.1. The van der Waals surface area contributed by atoms with Gasteiger partial charge in [0, 0.05) is 24.2 Å². The molecule has 0 spiro atoms. The minimum Gasteiger partial charge on any atom is -0.353 e. The SMILES string of the molecule is FC1CCN(c2cc(C3CCC3)ncn2)C1. The maximum absolute atomic E-state index is 13.1. The molecule has 0 bridgehead atoms. The summed E-state index contributed by atoms with van der Waals surface area (Å²) in [4.78, 5) is 10.6. The Hall–Kier alpha value is -1.19. The van der Waals surface area contributed by atoms with Crippen molar-refractivity contribution in [1.29, 1.82) is 0 Å². The summed E-state index contributed by atoms with van der Waals surface area (Å²) in [5, 5.41) is 0. The van der Waals surface area contributed by atoms with Crippen LogP contribution in [0.5, 0.6) is 0 Å². The highest BCUT2D eigenvalue weighted by atomic mass is 19.1. The highest BCUT2D eigenvalue weighted by Crippen LogP contribution is 2.36. The first-order valence-electron chi connectivity index (χ1n) is 6.04. The number of halogens is 1. The molecular formula is C12H16FN3. The third-order valence-electron chi connectivity index (χ3n) is 3.65. The van der Waals surface area contributed by atoms with E-state index in [0.29, 0.717) is 18.9 Å². The van der Waals surface area contributed by atoms with Gasteiger partial charge in [-0.3, -0.25) is 0 Å².